The van der Waals surface area contributed by atoms with Crippen LogP contribution in [-0.2, 0) is 16.6 Å². The van der Waals surface area contributed by atoms with Gasteiger partial charge in [-0.25, -0.2) is 17.2 Å². The lowest BCUT2D eigenvalue weighted by Gasteiger charge is -2.31. The number of sulfonamides is 1. The number of hydrogen-bond acceptors (Lipinski definition) is 2. The average Bonchev–Trinajstić information content (AvgIpc) is 2.58. The summed E-state index contributed by atoms with van der Waals surface area (Å²) in [5.41, 5.74) is 1.19. The molecule has 1 saturated heterocycles. The zero-order valence-electron chi connectivity index (χ0n) is 13.1. The Balaban J connectivity index is 1.68. The van der Waals surface area contributed by atoms with Crippen LogP contribution in [0.1, 0.15) is 5.56 Å². The third kappa shape index (κ3) is 3.63. The van der Waals surface area contributed by atoms with Gasteiger partial charge in [-0.2, -0.15) is 4.31 Å². The summed E-state index contributed by atoms with van der Waals surface area (Å²) >= 11 is 0. The van der Waals surface area contributed by atoms with E-state index in [1.54, 1.807) is 0 Å². The van der Waals surface area contributed by atoms with Gasteiger partial charge in [-0.15, -0.1) is 0 Å². The van der Waals surface area contributed by atoms with Crippen molar-refractivity contribution >= 4 is 10.0 Å². The lowest BCUT2D eigenvalue weighted by atomic mass is 10.2. The molecule has 0 bridgehead atoms. The van der Waals surface area contributed by atoms with Gasteiger partial charge >= 0.3 is 0 Å². The summed E-state index contributed by atoms with van der Waals surface area (Å²) in [6.07, 6.45) is 0. The number of nitrogens with one attached hydrogen (secondary N) is 1. The Morgan fingerprint density at radius 3 is 2.33 bits per heavy atom. The highest BCUT2D eigenvalue weighted by Gasteiger charge is 2.32. The van der Waals surface area contributed by atoms with Gasteiger partial charge in [0.25, 0.3) is 0 Å². The van der Waals surface area contributed by atoms with Crippen LogP contribution >= 0.6 is 0 Å². The lowest BCUT2D eigenvalue weighted by molar-refractivity contribution is -0.917. The maximum atomic E-state index is 13.8. The van der Waals surface area contributed by atoms with E-state index < -0.39 is 26.6 Å². The molecule has 24 heavy (non-hydrogen) atoms. The number of quaternary nitrogens is 1. The molecule has 3 rings (SSSR count). The Kier molecular flexibility index (Phi) is 4.93. The highest BCUT2D eigenvalue weighted by atomic mass is 32.2. The molecule has 0 aliphatic carbocycles. The largest absolute Gasteiger partial charge is 0.329 e. The molecule has 0 radical (unpaired) electrons. The zero-order chi connectivity index (χ0) is 17.2. The van der Waals surface area contributed by atoms with E-state index in [4.69, 9.17) is 0 Å². The molecule has 4 nitrogen and oxygen atoms in total. The second kappa shape index (κ2) is 6.96. The molecule has 1 fully saturated rings. The number of benzene rings is 2. The van der Waals surface area contributed by atoms with Crippen LogP contribution in [-0.4, -0.2) is 38.9 Å². The summed E-state index contributed by atoms with van der Waals surface area (Å²) in [6, 6.07) is 12.5. The maximum absolute atomic E-state index is 13.8. The summed E-state index contributed by atoms with van der Waals surface area (Å²) in [5.74, 6) is -1.68. The maximum Gasteiger partial charge on any atom is 0.246 e. The van der Waals surface area contributed by atoms with Crippen LogP contribution < -0.4 is 4.90 Å². The molecule has 1 N–H and O–H groups in total. The molecule has 0 spiro atoms. The predicted octanol–water partition coefficient (Wildman–Crippen LogP) is 1.05. The van der Waals surface area contributed by atoms with Gasteiger partial charge in [0, 0.05) is 5.56 Å². The molecule has 7 heteroatoms. The first-order valence-electron chi connectivity index (χ1n) is 7.79. The monoisotopic (exact) mass is 353 g/mol. The summed E-state index contributed by atoms with van der Waals surface area (Å²) < 4.78 is 53.4. The molecular weight excluding hydrogens is 334 g/mol. The van der Waals surface area contributed by atoms with Crippen LogP contribution in [0.15, 0.2) is 53.4 Å². The minimum atomic E-state index is -4.01. The van der Waals surface area contributed by atoms with E-state index in [0.29, 0.717) is 26.2 Å². The number of nitrogens with zero attached hydrogens (tertiary/aromatic N) is 1. The average molecular weight is 353 g/mol. The Morgan fingerprint density at radius 2 is 1.67 bits per heavy atom. The van der Waals surface area contributed by atoms with Crippen molar-refractivity contribution in [2.75, 3.05) is 26.2 Å². The molecule has 0 atom stereocenters. The van der Waals surface area contributed by atoms with E-state index in [0.717, 1.165) is 24.7 Å². The van der Waals surface area contributed by atoms with Gasteiger partial charge in [0.15, 0.2) is 0 Å². The number of rotatable bonds is 4. The van der Waals surface area contributed by atoms with Crippen LogP contribution in [0, 0.1) is 11.6 Å². The first kappa shape index (κ1) is 17.0. The van der Waals surface area contributed by atoms with Gasteiger partial charge in [0.1, 0.15) is 23.1 Å². The highest BCUT2D eigenvalue weighted by molar-refractivity contribution is 7.89. The molecule has 0 unspecified atom stereocenters. The molecule has 1 heterocycles. The quantitative estimate of drug-likeness (QED) is 0.893. The first-order chi connectivity index (χ1) is 11.5. The fourth-order valence-electron chi connectivity index (χ4n) is 2.92. The standard InChI is InChI=1S/C17H18F2N2O2S/c18-15-6-7-16(19)17(12-15)24(22,23)21-10-8-20(9-11-21)13-14-4-2-1-3-5-14/h1-7,12H,8-11,13H2/p+1. The third-order valence-electron chi connectivity index (χ3n) is 4.24. The van der Waals surface area contributed by atoms with Crippen LogP contribution in [0.25, 0.3) is 0 Å². The highest BCUT2D eigenvalue weighted by Crippen LogP contribution is 2.20. The topological polar surface area (TPSA) is 41.8 Å². The van der Waals surface area contributed by atoms with Crippen molar-refractivity contribution in [2.45, 2.75) is 11.4 Å². The van der Waals surface area contributed by atoms with Crippen molar-refractivity contribution in [3.63, 3.8) is 0 Å². The summed E-state index contributed by atoms with van der Waals surface area (Å²) in [6.45, 7) is 2.67. The number of halogens is 2. The van der Waals surface area contributed by atoms with E-state index in [9.17, 15) is 17.2 Å². The van der Waals surface area contributed by atoms with Crippen molar-refractivity contribution in [3.8, 4) is 0 Å². The van der Waals surface area contributed by atoms with E-state index >= 15 is 0 Å². The third-order valence-corrected chi connectivity index (χ3v) is 6.15. The van der Waals surface area contributed by atoms with Crippen molar-refractivity contribution in [2.24, 2.45) is 0 Å². The van der Waals surface area contributed by atoms with Gasteiger partial charge in [-0.1, -0.05) is 30.3 Å². The second-order valence-corrected chi connectivity index (χ2v) is 7.80. The molecule has 0 aromatic heterocycles. The van der Waals surface area contributed by atoms with Crippen LogP contribution in [0.5, 0.6) is 0 Å². The minimum absolute atomic E-state index is 0.292. The van der Waals surface area contributed by atoms with Crippen LogP contribution in [0.2, 0.25) is 0 Å². The molecule has 1 aliphatic rings. The fraction of sp³-hybridized carbons (Fsp3) is 0.294. The zero-order valence-corrected chi connectivity index (χ0v) is 13.9. The van der Waals surface area contributed by atoms with E-state index in [2.05, 4.69) is 0 Å². The van der Waals surface area contributed by atoms with E-state index in [-0.39, 0.29) is 0 Å². The van der Waals surface area contributed by atoms with Gasteiger partial charge in [-0.05, 0) is 18.2 Å². The van der Waals surface area contributed by atoms with Crippen molar-refractivity contribution in [3.05, 3.63) is 65.7 Å². The summed E-state index contributed by atoms with van der Waals surface area (Å²) in [4.78, 5) is 0.682. The molecule has 2 aromatic carbocycles. The second-order valence-electron chi connectivity index (χ2n) is 5.89. The molecule has 2 aromatic rings. The molecular formula is C17H19F2N2O2S+. The Hall–Kier alpha value is -1.83. The van der Waals surface area contributed by atoms with Gasteiger partial charge < -0.3 is 4.90 Å². The Bertz CT molecular complexity index is 805. The molecule has 0 amide bonds. The van der Waals surface area contributed by atoms with Crippen molar-refractivity contribution in [1.82, 2.24) is 4.31 Å². The minimum Gasteiger partial charge on any atom is -0.329 e. The SMILES string of the molecule is O=S(=O)(c1cc(F)ccc1F)N1CC[NH+](Cc2ccccc2)CC1. The van der Waals surface area contributed by atoms with E-state index in [1.807, 2.05) is 30.3 Å². The molecule has 128 valence electrons. The summed E-state index contributed by atoms with van der Waals surface area (Å²) in [5, 5.41) is 0. The van der Waals surface area contributed by atoms with Gasteiger partial charge in [0.05, 0.1) is 26.2 Å². The molecule has 1 aliphatic heterocycles. The van der Waals surface area contributed by atoms with Crippen LogP contribution in [0.3, 0.4) is 0 Å². The predicted molar refractivity (Wildman–Crippen MR) is 86.0 cm³/mol. The normalized spacial score (nSPS) is 17.1. The van der Waals surface area contributed by atoms with Crippen molar-refractivity contribution in [1.29, 1.82) is 0 Å². The smallest absolute Gasteiger partial charge is 0.246 e. The number of piperazine rings is 1. The first-order valence-corrected chi connectivity index (χ1v) is 9.23. The summed E-state index contributed by atoms with van der Waals surface area (Å²) in [7, 11) is -4.01. The van der Waals surface area contributed by atoms with Gasteiger partial charge in [-0.3, -0.25) is 0 Å². The van der Waals surface area contributed by atoms with Gasteiger partial charge in [0.2, 0.25) is 10.0 Å². The Morgan fingerprint density at radius 1 is 1.00 bits per heavy atom. The Labute approximate surface area is 140 Å². The lowest BCUT2D eigenvalue weighted by Crippen LogP contribution is -3.13. The van der Waals surface area contributed by atoms with Crippen molar-refractivity contribution < 1.29 is 22.1 Å². The molecule has 0 saturated carbocycles. The van der Waals surface area contributed by atoms with E-state index in [1.165, 1.54) is 14.8 Å². The fourth-order valence-corrected chi connectivity index (χ4v) is 4.44. The number of hydrogen-bond donors (Lipinski definition) is 1. The van der Waals surface area contributed by atoms with Crippen LogP contribution in [0.4, 0.5) is 8.78 Å².